The smallest absolute Gasteiger partial charge is 0.243 e. The maximum absolute atomic E-state index is 13.3. The number of furan rings is 1. The first kappa shape index (κ1) is 33.6. The standard InChI is InChI=1S/C31H40N6O7/c1-2-27(39)33-12-11-25(30(32)42)35-29(41)16-22-8-3-4-9-23(22)18-34-31(43)26(17-24-10-6-14-44-24)36-28(40)15-21-7-5-13-37(19-21)20-38/h2-4,6,8-10,14,20-21,25-26H,1,5,7,11-13,15-19H2,(H2,32,42)(H,33,39)(H,34,43)(H,35,41)(H,36,40)/t21-,25+,26+/m1/s1. The Balaban J connectivity index is 1.60. The Kier molecular flexibility index (Phi) is 13.2. The molecule has 1 aromatic carbocycles. The lowest BCUT2D eigenvalue weighted by molar-refractivity contribution is -0.130. The van der Waals surface area contributed by atoms with Crippen molar-refractivity contribution in [3.63, 3.8) is 0 Å². The largest absolute Gasteiger partial charge is 0.469 e. The first-order chi connectivity index (χ1) is 21.2. The summed E-state index contributed by atoms with van der Waals surface area (Å²) in [5.41, 5.74) is 6.72. The molecular weight excluding hydrogens is 568 g/mol. The van der Waals surface area contributed by atoms with Crippen LogP contribution in [-0.4, -0.2) is 72.6 Å². The highest BCUT2D eigenvalue weighted by Gasteiger charge is 2.26. The molecule has 236 valence electrons. The third-order valence-electron chi connectivity index (χ3n) is 7.33. The molecule has 2 aromatic rings. The van der Waals surface area contributed by atoms with Crippen LogP contribution in [0.25, 0.3) is 0 Å². The molecule has 1 saturated heterocycles. The summed E-state index contributed by atoms with van der Waals surface area (Å²) in [6.07, 6.45) is 5.38. The topological polar surface area (TPSA) is 193 Å². The van der Waals surface area contributed by atoms with Crippen LogP contribution < -0.4 is 27.0 Å². The number of nitrogens with one attached hydrogen (secondary N) is 4. The molecule has 0 aliphatic carbocycles. The van der Waals surface area contributed by atoms with Crippen molar-refractivity contribution in [2.45, 2.75) is 57.2 Å². The second-order valence-electron chi connectivity index (χ2n) is 10.7. The number of nitrogens with zero attached hydrogens (tertiary/aromatic N) is 1. The zero-order chi connectivity index (χ0) is 31.9. The molecule has 6 N–H and O–H groups in total. The number of primary amides is 1. The van der Waals surface area contributed by atoms with Gasteiger partial charge in [0.1, 0.15) is 17.8 Å². The van der Waals surface area contributed by atoms with E-state index in [1.165, 1.54) is 6.26 Å². The Bertz CT molecular complexity index is 1310. The molecule has 1 aliphatic rings. The lowest BCUT2D eigenvalue weighted by Gasteiger charge is -2.29. The van der Waals surface area contributed by atoms with Gasteiger partial charge in [0.25, 0.3) is 0 Å². The minimum absolute atomic E-state index is 0.0133. The molecule has 0 saturated carbocycles. The molecule has 1 fully saturated rings. The van der Waals surface area contributed by atoms with Gasteiger partial charge in [0, 0.05) is 39.0 Å². The molecule has 0 spiro atoms. The number of rotatable bonds is 17. The third-order valence-corrected chi connectivity index (χ3v) is 7.33. The minimum atomic E-state index is -0.986. The van der Waals surface area contributed by atoms with E-state index in [-0.39, 0.29) is 50.6 Å². The van der Waals surface area contributed by atoms with E-state index >= 15 is 0 Å². The Labute approximate surface area is 256 Å². The van der Waals surface area contributed by atoms with Gasteiger partial charge in [-0.15, -0.1) is 0 Å². The van der Waals surface area contributed by atoms with E-state index in [9.17, 15) is 28.8 Å². The summed E-state index contributed by atoms with van der Waals surface area (Å²) in [7, 11) is 0. The van der Waals surface area contributed by atoms with Crippen molar-refractivity contribution in [2.24, 2.45) is 11.7 Å². The first-order valence-corrected chi connectivity index (χ1v) is 14.5. The summed E-state index contributed by atoms with van der Waals surface area (Å²) < 4.78 is 5.41. The lowest BCUT2D eigenvalue weighted by atomic mass is 9.94. The van der Waals surface area contributed by atoms with E-state index < -0.39 is 35.7 Å². The van der Waals surface area contributed by atoms with Gasteiger partial charge in [-0.2, -0.15) is 0 Å². The highest BCUT2D eigenvalue weighted by Crippen LogP contribution is 2.19. The molecule has 3 rings (SSSR count). The summed E-state index contributed by atoms with van der Waals surface area (Å²) in [6.45, 7) is 4.73. The van der Waals surface area contributed by atoms with Crippen LogP contribution in [0, 0.1) is 5.92 Å². The van der Waals surface area contributed by atoms with E-state index in [1.54, 1.807) is 41.3 Å². The van der Waals surface area contributed by atoms with Crippen molar-refractivity contribution in [2.75, 3.05) is 19.6 Å². The fourth-order valence-corrected chi connectivity index (χ4v) is 5.04. The summed E-state index contributed by atoms with van der Waals surface area (Å²) in [5.74, 6) is -1.78. The van der Waals surface area contributed by atoms with Crippen molar-refractivity contribution in [3.8, 4) is 0 Å². The van der Waals surface area contributed by atoms with Crippen LogP contribution in [0.4, 0.5) is 0 Å². The number of piperidine rings is 1. The molecule has 2 heterocycles. The SMILES string of the molecule is C=CC(=O)NCC[C@H](NC(=O)Cc1ccccc1CNC(=O)[C@H](Cc1ccco1)NC(=O)C[C@H]1CCCN(C=O)C1)C(N)=O. The van der Waals surface area contributed by atoms with Gasteiger partial charge < -0.3 is 36.3 Å². The summed E-state index contributed by atoms with van der Waals surface area (Å²) in [5, 5.41) is 10.8. The molecule has 1 aromatic heterocycles. The number of amides is 6. The van der Waals surface area contributed by atoms with Crippen molar-refractivity contribution < 1.29 is 33.2 Å². The second kappa shape index (κ2) is 17.2. The normalized spacial score (nSPS) is 15.7. The Morgan fingerprint density at radius 3 is 2.45 bits per heavy atom. The van der Waals surface area contributed by atoms with Gasteiger partial charge in [-0.1, -0.05) is 30.8 Å². The quantitative estimate of drug-likeness (QED) is 0.124. The van der Waals surface area contributed by atoms with Gasteiger partial charge in [0.05, 0.1) is 12.7 Å². The average molecular weight is 609 g/mol. The lowest BCUT2D eigenvalue weighted by Crippen LogP contribution is -2.48. The number of likely N-dealkylation sites (tertiary alicyclic amines) is 1. The van der Waals surface area contributed by atoms with Crippen molar-refractivity contribution in [1.29, 1.82) is 0 Å². The van der Waals surface area contributed by atoms with Gasteiger partial charge in [-0.3, -0.25) is 28.8 Å². The van der Waals surface area contributed by atoms with E-state index in [0.717, 1.165) is 25.3 Å². The zero-order valence-electron chi connectivity index (χ0n) is 24.6. The van der Waals surface area contributed by atoms with Crippen LogP contribution in [0.1, 0.15) is 42.6 Å². The molecule has 13 heteroatoms. The predicted molar refractivity (Wildman–Crippen MR) is 160 cm³/mol. The van der Waals surface area contributed by atoms with Gasteiger partial charge in [0.15, 0.2) is 0 Å². The molecule has 3 atom stereocenters. The Hall–Kier alpha value is -4.94. The molecule has 44 heavy (non-hydrogen) atoms. The summed E-state index contributed by atoms with van der Waals surface area (Å²) in [4.78, 5) is 75.0. The fraction of sp³-hybridized carbons (Fsp3) is 0.419. The second-order valence-corrected chi connectivity index (χ2v) is 10.7. The van der Waals surface area contributed by atoms with Gasteiger partial charge in [-0.25, -0.2) is 0 Å². The Morgan fingerprint density at radius 2 is 1.77 bits per heavy atom. The highest BCUT2D eigenvalue weighted by atomic mass is 16.3. The third kappa shape index (κ3) is 11.0. The fourth-order valence-electron chi connectivity index (χ4n) is 5.04. The van der Waals surface area contributed by atoms with Gasteiger partial charge in [-0.05, 0) is 54.5 Å². The maximum atomic E-state index is 13.3. The molecule has 0 unspecified atom stereocenters. The maximum Gasteiger partial charge on any atom is 0.243 e. The van der Waals surface area contributed by atoms with E-state index in [1.807, 2.05) is 0 Å². The predicted octanol–water partition coefficient (Wildman–Crippen LogP) is 0.0867. The molecule has 13 nitrogen and oxygen atoms in total. The Morgan fingerprint density at radius 1 is 1.02 bits per heavy atom. The van der Waals surface area contributed by atoms with E-state index in [2.05, 4.69) is 27.8 Å². The van der Waals surface area contributed by atoms with E-state index in [0.29, 0.717) is 30.0 Å². The monoisotopic (exact) mass is 608 g/mol. The highest BCUT2D eigenvalue weighted by molar-refractivity contribution is 5.89. The summed E-state index contributed by atoms with van der Waals surface area (Å²) >= 11 is 0. The number of nitrogens with two attached hydrogens (primary N) is 1. The number of carbonyl (C=O) groups excluding carboxylic acids is 6. The van der Waals surface area contributed by atoms with Gasteiger partial charge >= 0.3 is 0 Å². The van der Waals surface area contributed by atoms with Crippen LogP contribution >= 0.6 is 0 Å². The van der Waals surface area contributed by atoms with Crippen LogP contribution in [-0.2, 0) is 48.2 Å². The van der Waals surface area contributed by atoms with Gasteiger partial charge in [0.2, 0.25) is 35.9 Å². The molecule has 0 radical (unpaired) electrons. The average Bonchev–Trinajstić information content (AvgIpc) is 3.52. The number of carbonyl (C=O) groups is 6. The zero-order valence-corrected chi connectivity index (χ0v) is 24.6. The number of hydrogen-bond acceptors (Lipinski definition) is 7. The molecule has 0 bridgehead atoms. The number of benzene rings is 1. The summed E-state index contributed by atoms with van der Waals surface area (Å²) in [6, 6.07) is 8.54. The van der Waals surface area contributed by atoms with E-state index in [4.69, 9.17) is 10.2 Å². The van der Waals surface area contributed by atoms with Crippen LogP contribution in [0.15, 0.2) is 59.7 Å². The minimum Gasteiger partial charge on any atom is -0.469 e. The van der Waals surface area contributed by atoms with Crippen molar-refractivity contribution >= 4 is 35.9 Å². The van der Waals surface area contributed by atoms with Crippen molar-refractivity contribution in [3.05, 3.63) is 72.2 Å². The first-order valence-electron chi connectivity index (χ1n) is 14.5. The van der Waals surface area contributed by atoms with Crippen molar-refractivity contribution in [1.82, 2.24) is 26.2 Å². The molecule has 1 aliphatic heterocycles. The number of hydrogen-bond donors (Lipinski definition) is 5. The molecular formula is C31H40N6O7. The van der Waals surface area contributed by atoms with Crippen LogP contribution in [0.5, 0.6) is 0 Å². The molecule has 6 amide bonds. The van der Waals surface area contributed by atoms with Crippen LogP contribution in [0.2, 0.25) is 0 Å². The van der Waals surface area contributed by atoms with Crippen LogP contribution in [0.3, 0.4) is 0 Å².